The van der Waals surface area contributed by atoms with Gasteiger partial charge in [-0.2, -0.15) is 10.1 Å². The van der Waals surface area contributed by atoms with E-state index in [-0.39, 0.29) is 5.91 Å². The summed E-state index contributed by atoms with van der Waals surface area (Å²) in [6.45, 7) is 0. The van der Waals surface area contributed by atoms with Crippen molar-refractivity contribution in [1.82, 2.24) is 15.2 Å². The number of ether oxygens (including phenoxy) is 2. The number of pyridine rings is 1. The van der Waals surface area contributed by atoms with Crippen LogP contribution in [0.15, 0.2) is 36.5 Å². The first-order valence-corrected chi connectivity index (χ1v) is 6.55. The second-order valence-corrected chi connectivity index (χ2v) is 4.53. The number of aromatic amines is 1. The molecule has 3 rings (SSSR count). The Morgan fingerprint density at radius 3 is 2.86 bits per heavy atom. The van der Waals surface area contributed by atoms with E-state index in [1.54, 1.807) is 36.5 Å². The maximum atomic E-state index is 12.5. The number of H-pyrrole nitrogens is 1. The number of nitrogens with zero attached hydrogens (tertiary/aromatic N) is 2. The summed E-state index contributed by atoms with van der Waals surface area (Å²) in [5, 5.41) is 10.3. The fourth-order valence-electron chi connectivity index (χ4n) is 2.10. The number of carbonyl (C=O) groups is 1. The van der Waals surface area contributed by atoms with Gasteiger partial charge >= 0.3 is 0 Å². The molecule has 0 spiro atoms. The second kappa shape index (κ2) is 5.72. The molecule has 0 aliphatic rings. The van der Waals surface area contributed by atoms with Crippen LogP contribution in [0.25, 0.3) is 10.9 Å². The first kappa shape index (κ1) is 13.9. The maximum Gasteiger partial charge on any atom is 0.260 e. The van der Waals surface area contributed by atoms with Crippen molar-refractivity contribution in [3.05, 3.63) is 42.1 Å². The first-order valence-electron chi connectivity index (χ1n) is 6.55. The smallest absolute Gasteiger partial charge is 0.260 e. The highest BCUT2D eigenvalue weighted by atomic mass is 16.5. The number of benzene rings is 1. The van der Waals surface area contributed by atoms with Crippen molar-refractivity contribution >= 4 is 22.6 Å². The minimum absolute atomic E-state index is 0.319. The summed E-state index contributed by atoms with van der Waals surface area (Å²) in [6, 6.07) is 8.58. The molecule has 7 heteroatoms. The molecule has 0 saturated heterocycles. The molecule has 0 radical (unpaired) electrons. The zero-order valence-corrected chi connectivity index (χ0v) is 12.1. The van der Waals surface area contributed by atoms with Crippen LogP contribution in [-0.4, -0.2) is 35.3 Å². The molecule has 1 amide bonds. The predicted octanol–water partition coefficient (Wildman–Crippen LogP) is 2.23. The molecule has 0 fully saturated rings. The number of rotatable bonds is 4. The van der Waals surface area contributed by atoms with Gasteiger partial charge in [-0.25, -0.2) is 0 Å². The van der Waals surface area contributed by atoms with Gasteiger partial charge in [0.05, 0.1) is 31.5 Å². The fourth-order valence-corrected chi connectivity index (χ4v) is 2.10. The molecule has 2 aromatic heterocycles. The highest BCUT2D eigenvalue weighted by Crippen LogP contribution is 2.25. The van der Waals surface area contributed by atoms with Crippen LogP contribution in [-0.2, 0) is 0 Å². The molecule has 22 heavy (non-hydrogen) atoms. The van der Waals surface area contributed by atoms with Gasteiger partial charge in [0.25, 0.3) is 5.91 Å². The van der Waals surface area contributed by atoms with E-state index in [0.29, 0.717) is 23.0 Å². The lowest BCUT2D eigenvalue weighted by Gasteiger charge is -2.09. The minimum Gasteiger partial charge on any atom is -0.496 e. The summed E-state index contributed by atoms with van der Waals surface area (Å²) >= 11 is 0. The molecule has 7 nitrogen and oxygen atoms in total. The Kier molecular flexibility index (Phi) is 3.61. The van der Waals surface area contributed by atoms with E-state index >= 15 is 0 Å². The van der Waals surface area contributed by atoms with E-state index in [4.69, 9.17) is 9.47 Å². The highest BCUT2D eigenvalue weighted by molar-refractivity contribution is 6.08. The molecule has 2 N–H and O–H groups in total. The Morgan fingerprint density at radius 1 is 1.23 bits per heavy atom. The van der Waals surface area contributed by atoms with Crippen LogP contribution in [0, 0.1) is 0 Å². The average Bonchev–Trinajstić information content (AvgIpc) is 3.01. The van der Waals surface area contributed by atoms with Crippen LogP contribution in [0.3, 0.4) is 0 Å². The van der Waals surface area contributed by atoms with Crippen LogP contribution in [0.2, 0.25) is 0 Å². The number of amides is 1. The zero-order chi connectivity index (χ0) is 15.5. The summed E-state index contributed by atoms with van der Waals surface area (Å²) in [4.78, 5) is 16.6. The van der Waals surface area contributed by atoms with Gasteiger partial charge in [0.15, 0.2) is 0 Å². The van der Waals surface area contributed by atoms with E-state index in [1.165, 1.54) is 14.2 Å². The summed E-state index contributed by atoms with van der Waals surface area (Å²) in [7, 11) is 3.03. The molecule has 3 aromatic rings. The van der Waals surface area contributed by atoms with E-state index in [1.807, 2.05) is 0 Å². The monoisotopic (exact) mass is 298 g/mol. The molecule has 0 bridgehead atoms. The third kappa shape index (κ3) is 2.56. The Labute approximate surface area is 126 Å². The molecule has 0 aliphatic heterocycles. The molecule has 112 valence electrons. The number of carbonyl (C=O) groups excluding carboxylic acids is 1. The van der Waals surface area contributed by atoms with Crippen molar-refractivity contribution in [3.63, 3.8) is 0 Å². The zero-order valence-electron chi connectivity index (χ0n) is 12.1. The van der Waals surface area contributed by atoms with Crippen LogP contribution in [0.5, 0.6) is 11.6 Å². The van der Waals surface area contributed by atoms with Gasteiger partial charge in [0.1, 0.15) is 11.6 Å². The molecular formula is C15H14N4O3. The molecule has 0 aliphatic carbocycles. The number of hydrogen-bond donors (Lipinski definition) is 2. The lowest BCUT2D eigenvalue weighted by atomic mass is 10.1. The van der Waals surface area contributed by atoms with Gasteiger partial charge in [-0.05, 0) is 12.1 Å². The quantitative estimate of drug-likeness (QED) is 0.771. The molecule has 2 heterocycles. The number of anilines is 1. The molecular weight excluding hydrogens is 284 g/mol. The van der Waals surface area contributed by atoms with Crippen LogP contribution >= 0.6 is 0 Å². The first-order chi connectivity index (χ1) is 10.7. The van der Waals surface area contributed by atoms with Gasteiger partial charge in [-0.1, -0.05) is 6.07 Å². The van der Waals surface area contributed by atoms with Crippen molar-refractivity contribution in [1.29, 1.82) is 0 Å². The lowest BCUT2D eigenvalue weighted by molar-refractivity contribution is 0.102. The standard InChI is InChI=1S/C15H14N4O3/c1-21-12-7-11-9(8-16-19-11)6-10(12)15(20)18-13-4-3-5-14(17-13)22-2/h3-8H,1-2H3,(H,16,19)(H,17,18,20). The molecule has 0 saturated carbocycles. The largest absolute Gasteiger partial charge is 0.496 e. The van der Waals surface area contributed by atoms with Gasteiger partial charge in [-0.3, -0.25) is 9.89 Å². The summed E-state index contributed by atoms with van der Waals surface area (Å²) in [5.41, 5.74) is 1.20. The Morgan fingerprint density at radius 2 is 2.09 bits per heavy atom. The van der Waals surface area contributed by atoms with Crippen molar-refractivity contribution < 1.29 is 14.3 Å². The van der Waals surface area contributed by atoms with E-state index in [0.717, 1.165) is 10.9 Å². The fraction of sp³-hybridized carbons (Fsp3) is 0.133. The Balaban J connectivity index is 1.93. The number of hydrogen-bond acceptors (Lipinski definition) is 5. The van der Waals surface area contributed by atoms with E-state index in [2.05, 4.69) is 20.5 Å². The van der Waals surface area contributed by atoms with Crippen LogP contribution in [0.1, 0.15) is 10.4 Å². The summed E-state index contributed by atoms with van der Waals surface area (Å²) in [5.74, 6) is 0.964. The van der Waals surface area contributed by atoms with Crippen molar-refractivity contribution in [2.75, 3.05) is 19.5 Å². The van der Waals surface area contributed by atoms with Gasteiger partial charge in [-0.15, -0.1) is 0 Å². The lowest BCUT2D eigenvalue weighted by Crippen LogP contribution is -2.14. The third-order valence-corrected chi connectivity index (χ3v) is 3.18. The minimum atomic E-state index is -0.319. The molecule has 1 aromatic carbocycles. The SMILES string of the molecule is COc1cccc(NC(=O)c2cc3cn[nH]c3cc2OC)n1. The summed E-state index contributed by atoms with van der Waals surface area (Å²) in [6.07, 6.45) is 1.65. The van der Waals surface area contributed by atoms with Crippen LogP contribution < -0.4 is 14.8 Å². The number of nitrogens with one attached hydrogen (secondary N) is 2. The third-order valence-electron chi connectivity index (χ3n) is 3.18. The van der Waals surface area contributed by atoms with Crippen molar-refractivity contribution in [3.8, 4) is 11.6 Å². The summed E-state index contributed by atoms with van der Waals surface area (Å²) < 4.78 is 10.3. The predicted molar refractivity (Wildman–Crippen MR) is 81.4 cm³/mol. The van der Waals surface area contributed by atoms with Crippen molar-refractivity contribution in [2.24, 2.45) is 0 Å². The maximum absolute atomic E-state index is 12.5. The average molecular weight is 298 g/mol. The molecule has 0 atom stereocenters. The van der Waals surface area contributed by atoms with Crippen molar-refractivity contribution in [2.45, 2.75) is 0 Å². The topological polar surface area (TPSA) is 89.1 Å². The van der Waals surface area contributed by atoms with Crippen LogP contribution in [0.4, 0.5) is 5.82 Å². The number of aromatic nitrogens is 3. The van der Waals surface area contributed by atoms with Gasteiger partial charge in [0.2, 0.25) is 5.88 Å². The van der Waals surface area contributed by atoms with Gasteiger partial charge < -0.3 is 14.8 Å². The normalized spacial score (nSPS) is 10.5. The molecule has 0 unspecified atom stereocenters. The Hall–Kier alpha value is -3.09. The second-order valence-electron chi connectivity index (χ2n) is 4.53. The van der Waals surface area contributed by atoms with E-state index < -0.39 is 0 Å². The van der Waals surface area contributed by atoms with E-state index in [9.17, 15) is 4.79 Å². The Bertz CT molecular complexity index is 829. The number of fused-ring (bicyclic) bond motifs is 1. The highest BCUT2D eigenvalue weighted by Gasteiger charge is 2.15. The number of methoxy groups -OCH3 is 2. The van der Waals surface area contributed by atoms with Gasteiger partial charge in [0, 0.05) is 17.5 Å².